The molecule has 3 rings (SSSR count). The molecule has 1 amide bonds. The van der Waals surface area contributed by atoms with Crippen molar-refractivity contribution < 1.29 is 22.8 Å². The first kappa shape index (κ1) is 16.4. The normalized spacial score (nSPS) is 16.2. The largest absolute Gasteiger partial charge is 0.443 e. The Kier molecular flexibility index (Phi) is 4.73. The van der Waals surface area contributed by atoms with Gasteiger partial charge in [-0.1, -0.05) is 24.2 Å². The van der Waals surface area contributed by atoms with Gasteiger partial charge in [-0.3, -0.25) is 0 Å². The van der Waals surface area contributed by atoms with Crippen molar-refractivity contribution in [1.82, 2.24) is 15.5 Å². The standard InChI is InChI=1S/C16H17F2N3O3/c1-2-14-20-15(21-24-14)10-3-5-11-9(7-10)4-6-12(11)19-16(22)23-8-13(17)18/h3,5,7,12-13H,2,4,6,8H2,1H3,(H,19,22)/t12-/m1/s1. The summed E-state index contributed by atoms with van der Waals surface area (Å²) in [6.45, 7) is 1.03. The van der Waals surface area contributed by atoms with E-state index in [4.69, 9.17) is 4.52 Å². The summed E-state index contributed by atoms with van der Waals surface area (Å²) in [5, 5.41) is 6.56. The maximum atomic E-state index is 12.1. The average molecular weight is 337 g/mol. The molecule has 24 heavy (non-hydrogen) atoms. The fourth-order valence-corrected chi connectivity index (χ4v) is 2.74. The molecular formula is C16H17F2N3O3. The van der Waals surface area contributed by atoms with Crippen LogP contribution in [0.3, 0.4) is 0 Å². The highest BCUT2D eigenvalue weighted by molar-refractivity contribution is 5.68. The Hall–Kier alpha value is -2.51. The summed E-state index contributed by atoms with van der Waals surface area (Å²) < 4.78 is 33.7. The van der Waals surface area contributed by atoms with Crippen LogP contribution in [0.4, 0.5) is 13.6 Å². The van der Waals surface area contributed by atoms with Crippen LogP contribution in [-0.4, -0.2) is 29.3 Å². The monoisotopic (exact) mass is 337 g/mol. The number of nitrogens with zero attached hydrogens (tertiary/aromatic N) is 2. The van der Waals surface area contributed by atoms with Gasteiger partial charge in [-0.15, -0.1) is 0 Å². The van der Waals surface area contributed by atoms with Crippen LogP contribution in [0.15, 0.2) is 22.7 Å². The van der Waals surface area contributed by atoms with Gasteiger partial charge in [0.2, 0.25) is 11.7 Å². The first-order chi connectivity index (χ1) is 11.6. The van der Waals surface area contributed by atoms with Crippen molar-refractivity contribution in [2.24, 2.45) is 0 Å². The minimum Gasteiger partial charge on any atom is -0.443 e. The predicted molar refractivity (Wildman–Crippen MR) is 80.7 cm³/mol. The number of amides is 1. The molecule has 0 radical (unpaired) electrons. The van der Waals surface area contributed by atoms with Gasteiger partial charge in [0.25, 0.3) is 6.43 Å². The van der Waals surface area contributed by atoms with E-state index in [0.29, 0.717) is 24.6 Å². The molecule has 0 saturated heterocycles. The number of hydrogen-bond donors (Lipinski definition) is 1. The summed E-state index contributed by atoms with van der Waals surface area (Å²) >= 11 is 0. The van der Waals surface area contributed by atoms with Gasteiger partial charge in [0.1, 0.15) is 0 Å². The maximum Gasteiger partial charge on any atom is 0.407 e. The molecule has 8 heteroatoms. The lowest BCUT2D eigenvalue weighted by atomic mass is 10.0. The van der Waals surface area contributed by atoms with Crippen LogP contribution in [0.2, 0.25) is 0 Å². The first-order valence-electron chi connectivity index (χ1n) is 7.74. The Labute approximate surface area is 137 Å². The summed E-state index contributed by atoms with van der Waals surface area (Å²) in [5.41, 5.74) is 2.86. The maximum absolute atomic E-state index is 12.1. The fraction of sp³-hybridized carbons (Fsp3) is 0.438. The minimum absolute atomic E-state index is 0.240. The lowest BCUT2D eigenvalue weighted by Crippen LogP contribution is -2.29. The molecule has 0 bridgehead atoms. The predicted octanol–water partition coefficient (Wildman–Crippen LogP) is 3.28. The average Bonchev–Trinajstić information content (AvgIpc) is 3.19. The van der Waals surface area contributed by atoms with E-state index in [-0.39, 0.29) is 6.04 Å². The van der Waals surface area contributed by atoms with Gasteiger partial charge in [0.05, 0.1) is 6.04 Å². The van der Waals surface area contributed by atoms with E-state index in [1.165, 1.54) is 0 Å². The quantitative estimate of drug-likeness (QED) is 0.906. The Balaban J connectivity index is 1.70. The molecular weight excluding hydrogens is 320 g/mol. The van der Waals surface area contributed by atoms with Crippen LogP contribution in [0.25, 0.3) is 11.4 Å². The summed E-state index contributed by atoms with van der Waals surface area (Å²) in [6, 6.07) is 5.47. The molecule has 1 atom stereocenters. The van der Waals surface area contributed by atoms with Gasteiger partial charge in [-0.05, 0) is 30.0 Å². The molecule has 6 nitrogen and oxygen atoms in total. The van der Waals surface area contributed by atoms with Crippen molar-refractivity contribution in [3.63, 3.8) is 0 Å². The minimum atomic E-state index is -2.67. The number of alkyl carbamates (subject to hydrolysis) is 1. The van der Waals surface area contributed by atoms with E-state index in [1.54, 1.807) is 0 Å². The fourth-order valence-electron chi connectivity index (χ4n) is 2.74. The number of aryl methyl sites for hydroxylation is 2. The number of rotatable bonds is 5. The van der Waals surface area contributed by atoms with Crippen molar-refractivity contribution in [3.05, 3.63) is 35.2 Å². The van der Waals surface area contributed by atoms with E-state index in [2.05, 4.69) is 20.2 Å². The number of fused-ring (bicyclic) bond motifs is 1. The molecule has 0 spiro atoms. The molecule has 1 heterocycles. The third-order valence-corrected chi connectivity index (χ3v) is 3.88. The highest BCUT2D eigenvalue weighted by Gasteiger charge is 2.25. The molecule has 1 aliphatic rings. The second-order valence-corrected chi connectivity index (χ2v) is 5.50. The van der Waals surface area contributed by atoms with Crippen molar-refractivity contribution in [3.8, 4) is 11.4 Å². The number of alkyl halides is 2. The molecule has 1 aliphatic carbocycles. The Morgan fingerprint density at radius 2 is 2.33 bits per heavy atom. The zero-order valence-corrected chi connectivity index (χ0v) is 13.1. The summed E-state index contributed by atoms with van der Waals surface area (Å²) in [5.74, 6) is 1.11. The SMILES string of the molecule is CCc1nc(-c2ccc3c(c2)CC[C@H]3NC(=O)OCC(F)F)no1. The number of aromatic nitrogens is 2. The highest BCUT2D eigenvalue weighted by Crippen LogP contribution is 2.33. The third kappa shape index (κ3) is 3.52. The number of carbonyl (C=O) groups is 1. The summed E-state index contributed by atoms with van der Waals surface area (Å²) in [6.07, 6.45) is -1.37. The van der Waals surface area contributed by atoms with Crippen LogP contribution < -0.4 is 5.32 Å². The highest BCUT2D eigenvalue weighted by atomic mass is 19.3. The molecule has 2 aromatic rings. The van der Waals surface area contributed by atoms with E-state index in [1.807, 2.05) is 25.1 Å². The number of carbonyl (C=O) groups excluding carboxylic acids is 1. The molecule has 0 fully saturated rings. The van der Waals surface area contributed by atoms with Crippen LogP contribution in [0.5, 0.6) is 0 Å². The lowest BCUT2D eigenvalue weighted by Gasteiger charge is -2.14. The van der Waals surface area contributed by atoms with Crippen LogP contribution in [0, 0.1) is 0 Å². The lowest BCUT2D eigenvalue weighted by molar-refractivity contribution is 0.0476. The second-order valence-electron chi connectivity index (χ2n) is 5.50. The van der Waals surface area contributed by atoms with E-state index in [9.17, 15) is 13.6 Å². The molecule has 0 saturated carbocycles. The van der Waals surface area contributed by atoms with Gasteiger partial charge in [0, 0.05) is 12.0 Å². The first-order valence-corrected chi connectivity index (χ1v) is 7.74. The molecule has 1 aromatic carbocycles. The smallest absolute Gasteiger partial charge is 0.407 e. The van der Waals surface area contributed by atoms with Gasteiger partial charge in [0.15, 0.2) is 6.61 Å². The Bertz CT molecular complexity index is 733. The number of ether oxygens (including phenoxy) is 1. The molecule has 1 N–H and O–H groups in total. The molecule has 0 aliphatic heterocycles. The number of benzene rings is 1. The number of nitrogens with one attached hydrogen (secondary N) is 1. The zero-order chi connectivity index (χ0) is 17.1. The van der Waals surface area contributed by atoms with Gasteiger partial charge in [-0.2, -0.15) is 4.98 Å². The van der Waals surface area contributed by atoms with E-state index < -0.39 is 19.1 Å². The van der Waals surface area contributed by atoms with Crippen LogP contribution in [0.1, 0.15) is 36.4 Å². The molecule has 128 valence electrons. The van der Waals surface area contributed by atoms with Gasteiger partial charge in [-0.25, -0.2) is 13.6 Å². The number of halogens is 2. The Morgan fingerprint density at radius 1 is 1.50 bits per heavy atom. The van der Waals surface area contributed by atoms with E-state index in [0.717, 1.165) is 23.1 Å². The van der Waals surface area contributed by atoms with Crippen molar-refractivity contribution in [2.75, 3.05) is 6.61 Å². The second kappa shape index (κ2) is 6.94. The van der Waals surface area contributed by atoms with Crippen molar-refractivity contribution in [1.29, 1.82) is 0 Å². The van der Waals surface area contributed by atoms with Crippen molar-refractivity contribution >= 4 is 6.09 Å². The summed E-state index contributed by atoms with van der Waals surface area (Å²) in [7, 11) is 0. The topological polar surface area (TPSA) is 77.2 Å². The zero-order valence-electron chi connectivity index (χ0n) is 13.1. The summed E-state index contributed by atoms with van der Waals surface area (Å²) in [4.78, 5) is 15.8. The molecule has 1 aromatic heterocycles. The van der Waals surface area contributed by atoms with E-state index >= 15 is 0 Å². The Morgan fingerprint density at radius 3 is 3.04 bits per heavy atom. The van der Waals surface area contributed by atoms with Gasteiger partial charge < -0.3 is 14.6 Å². The van der Waals surface area contributed by atoms with Crippen LogP contribution in [-0.2, 0) is 17.6 Å². The van der Waals surface area contributed by atoms with Gasteiger partial charge >= 0.3 is 6.09 Å². The molecule has 0 unspecified atom stereocenters. The van der Waals surface area contributed by atoms with Crippen molar-refractivity contribution in [2.45, 2.75) is 38.7 Å². The third-order valence-electron chi connectivity index (χ3n) is 3.88. The van der Waals surface area contributed by atoms with Crippen LogP contribution >= 0.6 is 0 Å². The number of hydrogen-bond acceptors (Lipinski definition) is 5.